The average Bonchev–Trinajstić information content (AvgIpc) is 3.25. The topological polar surface area (TPSA) is 126 Å². The third kappa shape index (κ3) is 8.09. The maximum atomic E-state index is 12.9. The van der Waals surface area contributed by atoms with Gasteiger partial charge in [-0.1, -0.05) is 32.1 Å². The van der Waals surface area contributed by atoms with Crippen molar-refractivity contribution >= 4 is 49.5 Å². The van der Waals surface area contributed by atoms with Crippen LogP contribution in [0.15, 0.2) is 22.4 Å². The Labute approximate surface area is 217 Å². The molecule has 10 nitrogen and oxygen atoms in total. The minimum atomic E-state index is -4.92. The van der Waals surface area contributed by atoms with Crippen molar-refractivity contribution in [3.63, 3.8) is 0 Å². The van der Waals surface area contributed by atoms with E-state index in [1.54, 1.807) is 6.07 Å². The molecule has 1 aromatic heterocycles. The maximum Gasteiger partial charge on any atom is 0.404 e. The highest BCUT2D eigenvalue weighted by Gasteiger charge is 2.36. The van der Waals surface area contributed by atoms with E-state index in [2.05, 4.69) is 25.3 Å². The Morgan fingerprint density at radius 2 is 2.03 bits per heavy atom. The summed E-state index contributed by atoms with van der Waals surface area (Å²) in [6.07, 6.45) is -2.77. The highest BCUT2D eigenvalue weighted by molar-refractivity contribution is 7.92. The third-order valence-corrected chi connectivity index (χ3v) is 7.35. The zero-order chi connectivity index (χ0) is 27.4. The van der Waals surface area contributed by atoms with Crippen LogP contribution in [0.1, 0.15) is 55.9 Å². The number of hydrogen-bond acceptors (Lipinski definition) is 10. The molecule has 204 valence electrons. The molecular weight excluding hydrogens is 533 g/mol. The Kier molecular flexibility index (Phi) is 9.10. The number of nitrogens with one attached hydrogen (secondary N) is 1. The number of anilines is 2. The zero-order valence-corrected chi connectivity index (χ0v) is 22.5. The smallest absolute Gasteiger partial charge is 0.404 e. The number of carbonyl (C=O) groups excluding carboxylic acids is 1. The van der Waals surface area contributed by atoms with Gasteiger partial charge in [-0.2, -0.15) is 13.2 Å². The molecule has 0 spiro atoms. The minimum absolute atomic E-state index is 0.000300. The highest BCUT2D eigenvalue weighted by atomic mass is 32.2. The first-order valence-corrected chi connectivity index (χ1v) is 14.2. The molecular formula is C22H29F3N6O4S2. The molecule has 3 rings (SSSR count). The second-order valence-electron chi connectivity index (χ2n) is 9.13. The molecule has 0 radical (unpaired) electrons. The van der Waals surface area contributed by atoms with Crippen LogP contribution in [-0.2, 0) is 21.2 Å². The van der Waals surface area contributed by atoms with Crippen LogP contribution in [-0.4, -0.2) is 55.7 Å². The molecule has 37 heavy (non-hydrogen) atoms. The van der Waals surface area contributed by atoms with E-state index in [0.29, 0.717) is 25.3 Å². The molecule has 0 bridgehead atoms. The van der Waals surface area contributed by atoms with Gasteiger partial charge in [0.2, 0.25) is 15.0 Å². The number of rotatable bonds is 10. The molecule has 1 unspecified atom stereocenters. The second-order valence-corrected chi connectivity index (χ2v) is 11.8. The lowest BCUT2D eigenvalue weighted by Gasteiger charge is -2.38. The van der Waals surface area contributed by atoms with Gasteiger partial charge in [-0.05, 0) is 49.8 Å². The summed E-state index contributed by atoms with van der Waals surface area (Å²) in [6, 6.07) is 3.28. The number of aromatic nitrogens is 2. The number of alkyl halides is 3. The second kappa shape index (κ2) is 11.7. The fourth-order valence-corrected chi connectivity index (χ4v) is 5.35. The van der Waals surface area contributed by atoms with Crippen molar-refractivity contribution in [3.8, 4) is 0 Å². The average molecular weight is 563 g/mol. The molecule has 0 aliphatic carbocycles. The van der Waals surface area contributed by atoms with E-state index < -0.39 is 27.9 Å². The summed E-state index contributed by atoms with van der Waals surface area (Å²) in [5.41, 5.74) is 1.48. The number of azo groups is 1. The van der Waals surface area contributed by atoms with Gasteiger partial charge in [0.25, 0.3) is 5.13 Å². The van der Waals surface area contributed by atoms with Gasteiger partial charge < -0.3 is 9.64 Å². The van der Waals surface area contributed by atoms with Crippen molar-refractivity contribution in [2.45, 2.75) is 59.2 Å². The van der Waals surface area contributed by atoms with Crippen LogP contribution in [0, 0.1) is 5.92 Å². The first kappa shape index (κ1) is 28.8. The van der Waals surface area contributed by atoms with E-state index in [9.17, 15) is 26.4 Å². The Morgan fingerprint density at radius 3 is 2.68 bits per heavy atom. The van der Waals surface area contributed by atoms with Crippen LogP contribution in [0.5, 0.6) is 0 Å². The van der Waals surface area contributed by atoms with E-state index in [4.69, 9.17) is 4.74 Å². The molecule has 2 aromatic rings. The van der Waals surface area contributed by atoms with Gasteiger partial charge in [-0.3, -0.25) is 4.72 Å². The summed E-state index contributed by atoms with van der Waals surface area (Å²) in [5, 5.41) is 15.5. The molecule has 0 saturated heterocycles. The van der Waals surface area contributed by atoms with Crippen molar-refractivity contribution in [3.05, 3.63) is 22.7 Å². The summed E-state index contributed by atoms with van der Waals surface area (Å²) in [4.78, 5) is 14.1. The van der Waals surface area contributed by atoms with Gasteiger partial charge in [0.05, 0.1) is 12.3 Å². The van der Waals surface area contributed by atoms with Crippen molar-refractivity contribution in [1.82, 2.24) is 10.2 Å². The number of sulfonamides is 1. The van der Waals surface area contributed by atoms with Gasteiger partial charge in [0.1, 0.15) is 5.69 Å². The fraction of sp³-hybridized carbons (Fsp3) is 0.591. The Bertz CT molecular complexity index is 1250. The van der Waals surface area contributed by atoms with E-state index in [0.717, 1.165) is 29.0 Å². The first-order valence-electron chi connectivity index (χ1n) is 11.7. The number of ether oxygens (including phenoxy) is 1. The lowest BCUT2D eigenvalue weighted by molar-refractivity contribution is -0.106. The van der Waals surface area contributed by atoms with E-state index in [1.165, 1.54) is 6.07 Å². The number of carbonyl (C=O) groups is 1. The molecule has 2 heterocycles. The Morgan fingerprint density at radius 1 is 1.30 bits per heavy atom. The SMILES string of the molecule is CCCOC(=O)c1nnc(N=Nc2cc3c(cc2NS(=O)(=O)CC(F)(F)F)N(CC(C)C)C(C)CC3)s1. The highest BCUT2D eigenvalue weighted by Crippen LogP contribution is 2.40. The first-order chi connectivity index (χ1) is 17.3. The number of halogens is 3. The van der Waals surface area contributed by atoms with Crippen LogP contribution >= 0.6 is 11.3 Å². The monoisotopic (exact) mass is 562 g/mol. The normalized spacial score (nSPS) is 16.3. The summed E-state index contributed by atoms with van der Waals surface area (Å²) in [5.74, 6) is -2.40. The molecule has 1 aliphatic heterocycles. The summed E-state index contributed by atoms with van der Waals surface area (Å²) < 4.78 is 70.3. The molecule has 0 saturated carbocycles. The molecule has 0 fully saturated rings. The van der Waals surface area contributed by atoms with Crippen molar-refractivity contribution in [1.29, 1.82) is 0 Å². The van der Waals surface area contributed by atoms with E-state index in [-0.39, 0.29) is 34.2 Å². The third-order valence-electron chi connectivity index (χ3n) is 5.32. The van der Waals surface area contributed by atoms with Gasteiger partial charge in [-0.15, -0.1) is 20.4 Å². The number of nitrogens with zero attached hydrogens (tertiary/aromatic N) is 5. The molecule has 1 aliphatic rings. The van der Waals surface area contributed by atoms with Crippen molar-refractivity contribution in [2.75, 3.05) is 28.5 Å². The lowest BCUT2D eigenvalue weighted by atomic mass is 9.94. The summed E-state index contributed by atoms with van der Waals surface area (Å²) >= 11 is 0.821. The number of aryl methyl sites for hydroxylation is 1. The van der Waals surface area contributed by atoms with Gasteiger partial charge in [0, 0.05) is 18.3 Å². The van der Waals surface area contributed by atoms with Crippen molar-refractivity contribution in [2.24, 2.45) is 16.1 Å². The zero-order valence-electron chi connectivity index (χ0n) is 20.9. The number of esters is 1. The van der Waals surface area contributed by atoms with Crippen molar-refractivity contribution < 1.29 is 31.1 Å². The fourth-order valence-electron chi connectivity index (χ4n) is 3.79. The standard InChI is InChI=1S/C22H29F3N6O4S2/c1-5-8-35-20(32)19-27-29-21(36-19)28-26-16-9-15-7-6-14(4)31(11-13(2)3)18(15)10-17(16)30-37(33,34)12-22(23,24)25/h9-10,13-14,30H,5-8,11-12H2,1-4H3. The predicted octanol–water partition coefficient (Wildman–Crippen LogP) is 5.62. The van der Waals surface area contributed by atoms with Crippen LogP contribution in [0.2, 0.25) is 0 Å². The lowest BCUT2D eigenvalue weighted by Crippen LogP contribution is -2.39. The van der Waals surface area contributed by atoms with E-state index in [1.807, 2.05) is 32.4 Å². The quantitative estimate of drug-likeness (QED) is 0.294. The van der Waals surface area contributed by atoms with Gasteiger partial charge >= 0.3 is 12.1 Å². The van der Waals surface area contributed by atoms with Crippen LogP contribution in [0.3, 0.4) is 0 Å². The number of benzene rings is 1. The summed E-state index contributed by atoms with van der Waals surface area (Å²) in [7, 11) is -4.78. The predicted molar refractivity (Wildman–Crippen MR) is 135 cm³/mol. The summed E-state index contributed by atoms with van der Waals surface area (Å²) in [6.45, 7) is 8.89. The molecule has 15 heteroatoms. The van der Waals surface area contributed by atoms with Crippen LogP contribution in [0.25, 0.3) is 0 Å². The Balaban J connectivity index is 1.99. The maximum absolute atomic E-state index is 12.9. The van der Waals surface area contributed by atoms with Gasteiger partial charge in [0.15, 0.2) is 5.75 Å². The number of hydrogen-bond donors (Lipinski definition) is 1. The molecule has 1 atom stereocenters. The van der Waals surface area contributed by atoms with Crippen LogP contribution < -0.4 is 9.62 Å². The number of fused-ring (bicyclic) bond motifs is 1. The Hall–Kier alpha value is -2.81. The largest absolute Gasteiger partial charge is 0.460 e. The molecule has 1 aromatic carbocycles. The molecule has 1 N–H and O–H groups in total. The molecule has 0 amide bonds. The van der Waals surface area contributed by atoms with Gasteiger partial charge in [-0.25, -0.2) is 13.2 Å². The van der Waals surface area contributed by atoms with Crippen LogP contribution in [0.4, 0.5) is 35.4 Å². The van der Waals surface area contributed by atoms with E-state index >= 15 is 0 Å². The minimum Gasteiger partial charge on any atom is -0.460 e.